The normalized spacial score (nSPS) is 23.6. The molecule has 1 heterocycles. The molecule has 166 valence electrons. The van der Waals surface area contributed by atoms with Gasteiger partial charge in [-0.05, 0) is 39.0 Å². The molecule has 0 radical (unpaired) electrons. The summed E-state index contributed by atoms with van der Waals surface area (Å²) >= 11 is 0. The highest BCUT2D eigenvalue weighted by atomic mass is 19.4. The van der Waals surface area contributed by atoms with Gasteiger partial charge in [0.2, 0.25) is 5.91 Å². The molecule has 2 rings (SSSR count). The van der Waals surface area contributed by atoms with Crippen LogP contribution in [0.5, 0.6) is 0 Å². The van der Waals surface area contributed by atoms with Crippen molar-refractivity contribution in [2.45, 2.75) is 38.3 Å². The van der Waals surface area contributed by atoms with Crippen molar-refractivity contribution in [2.24, 2.45) is 16.1 Å². The van der Waals surface area contributed by atoms with E-state index in [1.165, 1.54) is 27.8 Å². The van der Waals surface area contributed by atoms with Gasteiger partial charge >= 0.3 is 12.0 Å². The number of anilines is 1. The van der Waals surface area contributed by atoms with Crippen LogP contribution in [-0.4, -0.2) is 48.9 Å². The molecule has 0 bridgehead atoms. The van der Waals surface area contributed by atoms with E-state index in [0.717, 1.165) is 23.1 Å². The summed E-state index contributed by atoms with van der Waals surface area (Å²) in [4.78, 5) is 29.9. The Morgan fingerprint density at radius 2 is 1.80 bits per heavy atom. The zero-order valence-electron chi connectivity index (χ0n) is 16.8. The van der Waals surface area contributed by atoms with Crippen LogP contribution in [0.2, 0.25) is 0 Å². The Morgan fingerprint density at radius 1 is 1.23 bits per heavy atom. The summed E-state index contributed by atoms with van der Waals surface area (Å²) in [5, 5.41) is 1.72. The van der Waals surface area contributed by atoms with Gasteiger partial charge in [-0.3, -0.25) is 14.5 Å². The van der Waals surface area contributed by atoms with E-state index in [1.54, 1.807) is 5.32 Å². The second-order valence-electron chi connectivity index (χ2n) is 7.48. The Labute approximate surface area is 169 Å². The highest BCUT2D eigenvalue weighted by Gasteiger charge is 2.63. The number of carbonyl (C=O) groups excluding carboxylic acids is 2. The molecule has 2 atom stereocenters. The van der Waals surface area contributed by atoms with E-state index in [0.29, 0.717) is 7.11 Å². The quantitative estimate of drug-likeness (QED) is 0.710. The van der Waals surface area contributed by atoms with Crippen LogP contribution in [0, 0.1) is 11.2 Å². The number of carbonyl (C=O) groups is 2. The summed E-state index contributed by atoms with van der Waals surface area (Å²) < 4.78 is 71.1. The van der Waals surface area contributed by atoms with Crippen molar-refractivity contribution in [1.82, 2.24) is 4.90 Å². The molecule has 1 unspecified atom stereocenters. The van der Waals surface area contributed by atoms with Gasteiger partial charge in [0.25, 0.3) is 5.91 Å². The van der Waals surface area contributed by atoms with Crippen molar-refractivity contribution in [2.75, 3.05) is 19.5 Å². The summed E-state index contributed by atoms with van der Waals surface area (Å²) in [6, 6.07) is 2.75. The number of aliphatic imine (C=N–C) groups is 1. The second-order valence-corrected chi connectivity index (χ2v) is 7.48. The van der Waals surface area contributed by atoms with Crippen LogP contribution in [0.3, 0.4) is 0 Å². The molecule has 0 aliphatic carbocycles. The number of halogens is 5. The van der Waals surface area contributed by atoms with E-state index in [2.05, 4.69) is 9.73 Å². The molecule has 2 amide bonds. The van der Waals surface area contributed by atoms with E-state index in [4.69, 9.17) is 5.73 Å². The molecule has 0 fully saturated rings. The third-order valence-corrected chi connectivity index (χ3v) is 5.42. The lowest BCUT2D eigenvalue weighted by molar-refractivity contribution is -0.305. The molecule has 0 spiro atoms. The Hall–Kier alpha value is -2.76. The number of amides is 2. The van der Waals surface area contributed by atoms with Crippen LogP contribution >= 0.6 is 0 Å². The van der Waals surface area contributed by atoms with Crippen LogP contribution in [-0.2, 0) is 19.9 Å². The number of guanidine groups is 1. The SMILES string of the molecule is COC(F)(C(=O)Nc1ccc(F)c([C@]2(C)N=C(N)N(C)C(=O)C2(C)C)c1)C(F)(F)F. The maximum Gasteiger partial charge on any atom is 0.458 e. The summed E-state index contributed by atoms with van der Waals surface area (Å²) in [7, 11) is 1.77. The van der Waals surface area contributed by atoms with E-state index in [-0.39, 0.29) is 17.2 Å². The van der Waals surface area contributed by atoms with Crippen molar-refractivity contribution in [3.8, 4) is 0 Å². The summed E-state index contributed by atoms with van der Waals surface area (Å²) in [5.74, 6) is -8.30. The number of ether oxygens (including phenoxy) is 1. The number of nitrogens with zero attached hydrogens (tertiary/aromatic N) is 2. The Balaban J connectivity index is 2.55. The molecular formula is C18H21F5N4O3. The van der Waals surface area contributed by atoms with Crippen LogP contribution in [0.4, 0.5) is 27.6 Å². The summed E-state index contributed by atoms with van der Waals surface area (Å²) in [6.45, 7) is 4.40. The Bertz CT molecular complexity index is 918. The van der Waals surface area contributed by atoms with Gasteiger partial charge in [0.15, 0.2) is 5.96 Å². The van der Waals surface area contributed by atoms with E-state index in [9.17, 15) is 31.5 Å². The molecule has 0 aromatic heterocycles. The molecule has 30 heavy (non-hydrogen) atoms. The molecule has 0 saturated heterocycles. The molecule has 1 aromatic carbocycles. The van der Waals surface area contributed by atoms with E-state index in [1.807, 2.05) is 0 Å². The monoisotopic (exact) mass is 436 g/mol. The first kappa shape index (κ1) is 23.5. The number of hydrogen-bond acceptors (Lipinski definition) is 5. The molecule has 7 nitrogen and oxygen atoms in total. The average Bonchev–Trinajstić information content (AvgIpc) is 2.65. The van der Waals surface area contributed by atoms with Gasteiger partial charge in [-0.15, -0.1) is 0 Å². The molecule has 12 heteroatoms. The van der Waals surface area contributed by atoms with Crippen molar-refractivity contribution in [1.29, 1.82) is 0 Å². The topological polar surface area (TPSA) is 97.0 Å². The first-order valence-electron chi connectivity index (χ1n) is 8.58. The first-order chi connectivity index (χ1) is 13.5. The lowest BCUT2D eigenvalue weighted by atomic mass is 9.67. The first-order valence-corrected chi connectivity index (χ1v) is 8.58. The minimum atomic E-state index is -5.65. The van der Waals surface area contributed by atoms with Gasteiger partial charge in [0.05, 0.1) is 5.41 Å². The number of benzene rings is 1. The number of nitrogens with one attached hydrogen (secondary N) is 1. The third-order valence-electron chi connectivity index (χ3n) is 5.42. The highest BCUT2D eigenvalue weighted by Crippen LogP contribution is 2.47. The van der Waals surface area contributed by atoms with Gasteiger partial charge in [-0.2, -0.15) is 17.6 Å². The van der Waals surface area contributed by atoms with Gasteiger partial charge in [0, 0.05) is 25.4 Å². The van der Waals surface area contributed by atoms with Crippen molar-refractivity contribution in [3.05, 3.63) is 29.6 Å². The zero-order chi connectivity index (χ0) is 23.3. The standard InChI is InChI=1S/C18H21F5N4O3/c1-15(2)13(29)27(4)14(24)26-16(15,3)10-8-9(6-7-11(10)19)25-12(28)17(20,30-5)18(21,22)23/h6-8H,1-5H3,(H2,24,26)(H,25,28)/t16-,17?/m0/s1. The summed E-state index contributed by atoms with van der Waals surface area (Å²) in [5.41, 5.74) is 2.27. The fraction of sp³-hybridized carbons (Fsp3) is 0.500. The lowest BCUT2D eigenvalue weighted by Crippen LogP contribution is -2.58. The second kappa shape index (κ2) is 7.18. The number of hydrogen-bond donors (Lipinski definition) is 2. The predicted molar refractivity (Wildman–Crippen MR) is 97.5 cm³/mol. The zero-order valence-corrected chi connectivity index (χ0v) is 16.8. The smallest absolute Gasteiger partial charge is 0.369 e. The molecule has 1 aromatic rings. The average molecular weight is 436 g/mol. The van der Waals surface area contributed by atoms with Crippen LogP contribution in [0.1, 0.15) is 26.3 Å². The Kier molecular flexibility index (Phi) is 5.63. The maximum absolute atomic E-state index is 14.7. The fourth-order valence-corrected chi connectivity index (χ4v) is 3.10. The fourth-order valence-electron chi connectivity index (χ4n) is 3.10. The van der Waals surface area contributed by atoms with Gasteiger partial charge in [0.1, 0.15) is 11.4 Å². The van der Waals surface area contributed by atoms with Crippen molar-refractivity contribution in [3.63, 3.8) is 0 Å². The number of alkyl halides is 4. The van der Waals surface area contributed by atoms with Crippen LogP contribution in [0.25, 0.3) is 0 Å². The molecular weight excluding hydrogens is 415 g/mol. The minimum Gasteiger partial charge on any atom is -0.369 e. The van der Waals surface area contributed by atoms with E-state index >= 15 is 0 Å². The highest BCUT2D eigenvalue weighted by molar-refractivity contribution is 6.02. The molecule has 3 N–H and O–H groups in total. The minimum absolute atomic E-state index is 0.199. The number of rotatable bonds is 4. The van der Waals surface area contributed by atoms with Crippen molar-refractivity contribution < 1.29 is 36.3 Å². The van der Waals surface area contributed by atoms with Gasteiger partial charge in [-0.1, -0.05) is 0 Å². The largest absolute Gasteiger partial charge is 0.458 e. The molecule has 1 aliphatic heterocycles. The predicted octanol–water partition coefficient (Wildman–Crippen LogP) is 2.67. The van der Waals surface area contributed by atoms with Gasteiger partial charge < -0.3 is 15.8 Å². The van der Waals surface area contributed by atoms with Crippen LogP contribution in [0.15, 0.2) is 23.2 Å². The molecule has 1 aliphatic rings. The van der Waals surface area contributed by atoms with Gasteiger partial charge in [-0.25, -0.2) is 9.38 Å². The van der Waals surface area contributed by atoms with E-state index < -0.39 is 40.6 Å². The Morgan fingerprint density at radius 3 is 2.30 bits per heavy atom. The molecule has 0 saturated carbocycles. The maximum atomic E-state index is 14.7. The number of nitrogens with two attached hydrogens (primary N) is 1. The lowest BCUT2D eigenvalue weighted by Gasteiger charge is -2.46. The number of methoxy groups -OCH3 is 1. The summed E-state index contributed by atoms with van der Waals surface area (Å²) in [6.07, 6.45) is -5.65. The van der Waals surface area contributed by atoms with Crippen LogP contribution < -0.4 is 11.1 Å². The van der Waals surface area contributed by atoms with Crippen molar-refractivity contribution >= 4 is 23.5 Å². The third kappa shape index (κ3) is 3.38.